The number of aromatic nitrogens is 1. The average molecular weight is 447 g/mol. The lowest BCUT2D eigenvalue weighted by Gasteiger charge is -2.07. The molecule has 4 rings (SSSR count). The molecule has 1 aliphatic rings. The highest BCUT2D eigenvalue weighted by Crippen LogP contribution is 2.29. The van der Waals surface area contributed by atoms with Crippen molar-refractivity contribution in [1.82, 2.24) is 0 Å². The summed E-state index contributed by atoms with van der Waals surface area (Å²) in [6.07, 6.45) is 0. The summed E-state index contributed by atoms with van der Waals surface area (Å²) < 4.78 is 3.56. The Morgan fingerprint density at radius 1 is 1.12 bits per heavy atom. The quantitative estimate of drug-likeness (QED) is 0.343. The van der Waals surface area contributed by atoms with Gasteiger partial charge in [-0.05, 0) is 46.9 Å². The predicted octanol–water partition coefficient (Wildman–Crippen LogP) is 4.01. The van der Waals surface area contributed by atoms with Crippen molar-refractivity contribution in [3.63, 3.8) is 0 Å². The van der Waals surface area contributed by atoms with E-state index in [2.05, 4.69) is 61.7 Å². The summed E-state index contributed by atoms with van der Waals surface area (Å²) in [5, 5.41) is 3.37. The number of rotatable bonds is 4. The summed E-state index contributed by atoms with van der Waals surface area (Å²) in [7, 11) is 0. The van der Waals surface area contributed by atoms with Crippen molar-refractivity contribution in [2.45, 2.75) is 6.54 Å². The number of anilines is 1. The number of carbonyl (C=O) groups is 1. The van der Waals surface area contributed by atoms with Crippen LogP contribution in [0, 0.1) is 3.57 Å². The fraction of sp³-hybridized carbons (Fsp3) is 0.158. The largest absolute Gasteiger partial charge is 0.337 e. The fourth-order valence-corrected chi connectivity index (χ4v) is 4.46. The summed E-state index contributed by atoms with van der Waals surface area (Å²) in [6.45, 7) is 2.27. The normalized spacial score (nSPS) is 13.1. The molecule has 3 nitrogen and oxygen atoms in total. The lowest BCUT2D eigenvalue weighted by atomic mass is 10.1. The average Bonchev–Trinajstić information content (AvgIpc) is 3.20. The van der Waals surface area contributed by atoms with Gasteiger partial charge >= 0.3 is 5.13 Å². The Balaban J connectivity index is 1.57. The molecule has 0 saturated carbocycles. The van der Waals surface area contributed by atoms with Crippen LogP contribution in [0.25, 0.3) is 11.3 Å². The number of hydrogen-bond donors (Lipinski definition) is 0. The van der Waals surface area contributed by atoms with E-state index in [1.807, 2.05) is 30.3 Å². The molecular formula is C19H16IN2OS+. The first-order chi connectivity index (χ1) is 11.7. The van der Waals surface area contributed by atoms with Crippen LogP contribution < -0.4 is 9.47 Å². The molecule has 0 saturated heterocycles. The Bertz CT molecular complexity index is 874. The molecule has 2 aromatic carbocycles. The zero-order valence-electron chi connectivity index (χ0n) is 13.0. The van der Waals surface area contributed by atoms with E-state index < -0.39 is 0 Å². The van der Waals surface area contributed by atoms with Gasteiger partial charge < -0.3 is 0 Å². The Labute approximate surface area is 158 Å². The van der Waals surface area contributed by atoms with E-state index in [9.17, 15) is 4.79 Å². The molecule has 1 aromatic heterocycles. The van der Waals surface area contributed by atoms with Crippen molar-refractivity contribution in [2.75, 3.05) is 18.0 Å². The third kappa shape index (κ3) is 2.98. The van der Waals surface area contributed by atoms with Crippen LogP contribution in [0.15, 0.2) is 60.0 Å². The maximum atomic E-state index is 12.5. The summed E-state index contributed by atoms with van der Waals surface area (Å²) in [5.41, 5.74) is 3.25. The van der Waals surface area contributed by atoms with Crippen LogP contribution >= 0.6 is 33.9 Å². The number of ketones is 1. The smallest absolute Gasteiger partial charge is 0.290 e. The van der Waals surface area contributed by atoms with E-state index in [1.54, 1.807) is 11.3 Å². The van der Waals surface area contributed by atoms with Gasteiger partial charge in [0.1, 0.15) is 25.3 Å². The second-order valence-corrected chi connectivity index (χ2v) is 7.85. The SMILES string of the molecule is O=C(CN1CC[n+]2c(-c3ccc(I)cc3)csc21)c1ccccc1. The summed E-state index contributed by atoms with van der Waals surface area (Å²) in [6, 6.07) is 18.1. The van der Waals surface area contributed by atoms with E-state index in [0.717, 1.165) is 18.7 Å². The third-order valence-electron chi connectivity index (χ3n) is 4.23. The van der Waals surface area contributed by atoms with Gasteiger partial charge in [0.25, 0.3) is 0 Å². The Morgan fingerprint density at radius 3 is 2.62 bits per heavy atom. The van der Waals surface area contributed by atoms with Gasteiger partial charge in [0.2, 0.25) is 5.78 Å². The number of thiazole rings is 1. The molecular weight excluding hydrogens is 431 g/mol. The monoisotopic (exact) mass is 447 g/mol. The molecule has 0 spiro atoms. The molecule has 24 heavy (non-hydrogen) atoms. The number of halogens is 1. The van der Waals surface area contributed by atoms with Crippen molar-refractivity contribution in [2.24, 2.45) is 0 Å². The minimum absolute atomic E-state index is 0.174. The number of fused-ring (bicyclic) bond motifs is 1. The molecule has 0 unspecified atom stereocenters. The summed E-state index contributed by atoms with van der Waals surface area (Å²) in [5.74, 6) is 0.174. The number of Topliss-reactive ketones (excluding diaryl/α,β-unsaturated/α-hetero) is 1. The van der Waals surface area contributed by atoms with Crippen molar-refractivity contribution in [3.8, 4) is 11.3 Å². The highest BCUT2D eigenvalue weighted by Gasteiger charge is 2.33. The van der Waals surface area contributed by atoms with Gasteiger partial charge in [0, 0.05) is 20.1 Å². The molecule has 3 aromatic rings. The Hall–Kier alpha value is -1.73. The van der Waals surface area contributed by atoms with Gasteiger partial charge in [-0.15, -0.1) is 0 Å². The van der Waals surface area contributed by atoms with Crippen LogP contribution in [-0.2, 0) is 6.54 Å². The Morgan fingerprint density at radius 2 is 1.88 bits per heavy atom. The summed E-state index contributed by atoms with van der Waals surface area (Å²) >= 11 is 4.04. The fourth-order valence-electron chi connectivity index (χ4n) is 3.00. The van der Waals surface area contributed by atoms with Crippen LogP contribution in [-0.4, -0.2) is 18.9 Å². The third-order valence-corrected chi connectivity index (χ3v) is 5.98. The van der Waals surface area contributed by atoms with E-state index in [1.165, 1.54) is 20.0 Å². The van der Waals surface area contributed by atoms with Gasteiger partial charge in [0.05, 0.1) is 0 Å². The van der Waals surface area contributed by atoms with E-state index in [4.69, 9.17) is 0 Å². The van der Waals surface area contributed by atoms with Gasteiger partial charge in [0.15, 0.2) is 0 Å². The van der Waals surface area contributed by atoms with Crippen molar-refractivity contribution in [3.05, 3.63) is 69.1 Å². The van der Waals surface area contributed by atoms with Crippen LogP contribution in [0.4, 0.5) is 5.13 Å². The molecule has 0 N–H and O–H groups in total. The number of nitrogens with zero attached hydrogens (tertiary/aromatic N) is 2. The Kier molecular flexibility index (Phi) is 4.37. The van der Waals surface area contributed by atoms with Crippen molar-refractivity contribution < 1.29 is 9.36 Å². The van der Waals surface area contributed by atoms with Crippen LogP contribution in [0.2, 0.25) is 0 Å². The van der Waals surface area contributed by atoms with Gasteiger partial charge in [-0.2, -0.15) is 0 Å². The first kappa shape index (κ1) is 15.8. The predicted molar refractivity (Wildman–Crippen MR) is 106 cm³/mol. The second kappa shape index (κ2) is 6.64. The van der Waals surface area contributed by atoms with Gasteiger partial charge in [-0.3, -0.25) is 4.79 Å². The topological polar surface area (TPSA) is 24.2 Å². The first-order valence-corrected chi connectivity index (χ1v) is 9.79. The van der Waals surface area contributed by atoms with Gasteiger partial charge in [-0.25, -0.2) is 9.47 Å². The number of benzene rings is 2. The molecule has 0 bridgehead atoms. The van der Waals surface area contributed by atoms with Crippen molar-refractivity contribution in [1.29, 1.82) is 0 Å². The zero-order valence-corrected chi connectivity index (χ0v) is 16.0. The molecule has 0 radical (unpaired) electrons. The van der Waals surface area contributed by atoms with E-state index in [-0.39, 0.29) is 5.78 Å². The van der Waals surface area contributed by atoms with Crippen LogP contribution in [0.3, 0.4) is 0 Å². The minimum atomic E-state index is 0.174. The van der Waals surface area contributed by atoms with Crippen molar-refractivity contribution >= 4 is 44.8 Å². The highest BCUT2D eigenvalue weighted by atomic mass is 127. The first-order valence-electron chi connectivity index (χ1n) is 7.83. The maximum absolute atomic E-state index is 12.5. The maximum Gasteiger partial charge on any atom is 0.337 e. The van der Waals surface area contributed by atoms with Crippen LogP contribution in [0.1, 0.15) is 10.4 Å². The standard InChI is InChI=1S/C19H16IN2OS/c20-16-8-6-14(7-9-16)17-13-24-19-21(10-11-22(17)19)12-18(23)15-4-2-1-3-5-15/h1-9,13H,10-12H2/q+1. The molecule has 120 valence electrons. The van der Waals surface area contributed by atoms with E-state index >= 15 is 0 Å². The minimum Gasteiger partial charge on any atom is -0.290 e. The molecule has 0 atom stereocenters. The molecule has 0 aliphatic carbocycles. The lowest BCUT2D eigenvalue weighted by Crippen LogP contribution is -2.31. The number of hydrogen-bond acceptors (Lipinski definition) is 3. The van der Waals surface area contributed by atoms with Crippen LogP contribution in [0.5, 0.6) is 0 Å². The molecule has 1 aliphatic heterocycles. The van der Waals surface area contributed by atoms with Gasteiger partial charge in [-0.1, -0.05) is 41.7 Å². The second-order valence-electron chi connectivity index (χ2n) is 5.77. The molecule has 0 amide bonds. The molecule has 0 fully saturated rings. The highest BCUT2D eigenvalue weighted by molar-refractivity contribution is 14.1. The zero-order chi connectivity index (χ0) is 16.5. The molecule has 2 heterocycles. The molecule has 5 heteroatoms. The number of carbonyl (C=O) groups excluding carboxylic acids is 1. The summed E-state index contributed by atoms with van der Waals surface area (Å²) in [4.78, 5) is 14.7. The lowest BCUT2D eigenvalue weighted by molar-refractivity contribution is -0.656. The van der Waals surface area contributed by atoms with E-state index in [0.29, 0.717) is 6.54 Å².